The van der Waals surface area contributed by atoms with Crippen LogP contribution in [0.1, 0.15) is 44.1 Å². The fraction of sp³-hybridized carbons (Fsp3) is 0.471. The van der Waals surface area contributed by atoms with Gasteiger partial charge in [-0.15, -0.1) is 0 Å². The van der Waals surface area contributed by atoms with E-state index in [0.29, 0.717) is 6.04 Å². The lowest BCUT2D eigenvalue weighted by atomic mass is 10.0. The highest BCUT2D eigenvalue weighted by Gasteiger charge is 2.18. The van der Waals surface area contributed by atoms with E-state index in [9.17, 15) is 0 Å². The summed E-state index contributed by atoms with van der Waals surface area (Å²) in [5.74, 6) is 0. The summed E-state index contributed by atoms with van der Waals surface area (Å²) in [6, 6.07) is 10.4. The molecule has 21 heavy (non-hydrogen) atoms. The maximum absolute atomic E-state index is 6.42. The van der Waals surface area contributed by atoms with Crippen LogP contribution in [0.2, 0.25) is 0 Å². The second-order valence-electron chi connectivity index (χ2n) is 5.45. The van der Waals surface area contributed by atoms with Crippen molar-refractivity contribution in [1.82, 2.24) is 14.5 Å². The Bertz CT molecular complexity index is 531. The van der Waals surface area contributed by atoms with E-state index < -0.39 is 0 Å². The van der Waals surface area contributed by atoms with Crippen molar-refractivity contribution in [2.75, 3.05) is 19.6 Å². The van der Waals surface area contributed by atoms with Crippen molar-refractivity contribution in [3.8, 4) is 0 Å². The minimum Gasteiger partial charge on any atom is -0.329 e. The first kappa shape index (κ1) is 15.7. The van der Waals surface area contributed by atoms with Crippen molar-refractivity contribution in [1.29, 1.82) is 0 Å². The van der Waals surface area contributed by atoms with Gasteiger partial charge in [-0.3, -0.25) is 0 Å². The van der Waals surface area contributed by atoms with Crippen LogP contribution in [0.4, 0.5) is 0 Å². The van der Waals surface area contributed by atoms with Gasteiger partial charge >= 0.3 is 0 Å². The SMILES string of the molecule is CCN(CC)CC(C)n1cncc1C(N)c1ccccc1. The lowest BCUT2D eigenvalue weighted by Gasteiger charge is -2.26. The fourth-order valence-electron chi connectivity index (χ4n) is 2.70. The summed E-state index contributed by atoms with van der Waals surface area (Å²) in [6.45, 7) is 9.76. The number of hydrogen-bond acceptors (Lipinski definition) is 3. The van der Waals surface area contributed by atoms with E-state index in [0.717, 1.165) is 30.9 Å². The fourth-order valence-corrected chi connectivity index (χ4v) is 2.70. The maximum Gasteiger partial charge on any atom is 0.0951 e. The molecular formula is C17H26N4. The number of hydrogen-bond donors (Lipinski definition) is 1. The average Bonchev–Trinajstić information content (AvgIpc) is 3.02. The molecule has 2 unspecified atom stereocenters. The molecule has 0 radical (unpaired) electrons. The van der Waals surface area contributed by atoms with Crippen molar-refractivity contribution in [3.05, 3.63) is 54.1 Å². The first-order chi connectivity index (χ1) is 10.2. The van der Waals surface area contributed by atoms with Gasteiger partial charge in [-0.2, -0.15) is 0 Å². The topological polar surface area (TPSA) is 47.1 Å². The van der Waals surface area contributed by atoms with Crippen LogP contribution >= 0.6 is 0 Å². The minimum absolute atomic E-state index is 0.132. The summed E-state index contributed by atoms with van der Waals surface area (Å²) < 4.78 is 2.20. The van der Waals surface area contributed by atoms with Crippen molar-refractivity contribution >= 4 is 0 Å². The van der Waals surface area contributed by atoms with Gasteiger partial charge in [0.25, 0.3) is 0 Å². The third kappa shape index (κ3) is 3.71. The summed E-state index contributed by atoms with van der Waals surface area (Å²) in [6.07, 6.45) is 3.78. The molecule has 4 nitrogen and oxygen atoms in total. The number of nitrogens with two attached hydrogens (primary N) is 1. The summed E-state index contributed by atoms with van der Waals surface area (Å²) in [5.41, 5.74) is 8.61. The van der Waals surface area contributed by atoms with Crippen molar-refractivity contribution in [3.63, 3.8) is 0 Å². The third-order valence-corrected chi connectivity index (χ3v) is 4.07. The number of benzene rings is 1. The Labute approximate surface area is 127 Å². The standard InChI is InChI=1S/C17H26N4/c1-4-20(5-2)12-14(3)21-13-19-11-16(21)17(18)15-9-7-6-8-10-15/h6-11,13-14,17H,4-5,12,18H2,1-3H3. The van der Waals surface area contributed by atoms with Gasteiger partial charge < -0.3 is 15.2 Å². The van der Waals surface area contributed by atoms with E-state index in [-0.39, 0.29) is 6.04 Å². The zero-order valence-corrected chi connectivity index (χ0v) is 13.2. The van der Waals surface area contributed by atoms with Crippen LogP contribution in [0, 0.1) is 0 Å². The van der Waals surface area contributed by atoms with Gasteiger partial charge in [0.15, 0.2) is 0 Å². The molecule has 1 heterocycles. The van der Waals surface area contributed by atoms with Crippen LogP contribution in [0.15, 0.2) is 42.9 Å². The largest absolute Gasteiger partial charge is 0.329 e. The molecule has 2 rings (SSSR count). The van der Waals surface area contributed by atoms with Crippen LogP contribution in [-0.4, -0.2) is 34.1 Å². The molecule has 4 heteroatoms. The first-order valence-electron chi connectivity index (χ1n) is 7.71. The second-order valence-corrected chi connectivity index (χ2v) is 5.45. The predicted molar refractivity (Wildman–Crippen MR) is 87.2 cm³/mol. The lowest BCUT2D eigenvalue weighted by Crippen LogP contribution is -2.30. The Hall–Kier alpha value is -1.65. The van der Waals surface area contributed by atoms with Crippen molar-refractivity contribution in [2.45, 2.75) is 32.9 Å². The van der Waals surface area contributed by atoms with Gasteiger partial charge in [0, 0.05) is 12.6 Å². The number of aromatic nitrogens is 2. The molecule has 1 aromatic carbocycles. The Morgan fingerprint density at radius 3 is 2.48 bits per heavy atom. The maximum atomic E-state index is 6.42. The first-order valence-corrected chi connectivity index (χ1v) is 7.71. The third-order valence-electron chi connectivity index (χ3n) is 4.07. The van der Waals surface area contributed by atoms with Crippen molar-refractivity contribution < 1.29 is 0 Å². The highest BCUT2D eigenvalue weighted by Crippen LogP contribution is 2.22. The molecule has 0 fully saturated rings. The molecule has 0 spiro atoms. The Morgan fingerprint density at radius 1 is 1.19 bits per heavy atom. The van der Waals surface area contributed by atoms with E-state index >= 15 is 0 Å². The van der Waals surface area contributed by atoms with E-state index in [1.54, 1.807) is 0 Å². The molecule has 0 bridgehead atoms. The molecule has 2 atom stereocenters. The van der Waals surface area contributed by atoms with E-state index in [4.69, 9.17) is 5.73 Å². The molecule has 1 aromatic heterocycles. The lowest BCUT2D eigenvalue weighted by molar-refractivity contribution is 0.258. The van der Waals surface area contributed by atoms with Gasteiger partial charge in [-0.05, 0) is 25.6 Å². The molecule has 114 valence electrons. The van der Waals surface area contributed by atoms with Gasteiger partial charge in [0.05, 0.1) is 24.3 Å². The molecule has 0 saturated carbocycles. The highest BCUT2D eigenvalue weighted by molar-refractivity contribution is 5.26. The van der Waals surface area contributed by atoms with E-state index in [1.165, 1.54) is 0 Å². The van der Waals surface area contributed by atoms with Gasteiger partial charge in [-0.25, -0.2) is 4.98 Å². The zero-order valence-electron chi connectivity index (χ0n) is 13.2. The van der Waals surface area contributed by atoms with Crippen molar-refractivity contribution in [2.24, 2.45) is 5.73 Å². The highest BCUT2D eigenvalue weighted by atomic mass is 15.2. The van der Waals surface area contributed by atoms with Crippen LogP contribution in [0.3, 0.4) is 0 Å². The van der Waals surface area contributed by atoms with Crippen LogP contribution < -0.4 is 5.73 Å². The summed E-state index contributed by atoms with van der Waals surface area (Å²) in [4.78, 5) is 6.73. The average molecular weight is 286 g/mol. The quantitative estimate of drug-likeness (QED) is 0.851. The Morgan fingerprint density at radius 2 is 1.86 bits per heavy atom. The molecule has 0 aliphatic heterocycles. The smallest absolute Gasteiger partial charge is 0.0951 e. The molecule has 2 N–H and O–H groups in total. The van der Waals surface area contributed by atoms with Gasteiger partial charge in [-0.1, -0.05) is 44.2 Å². The molecule has 0 aliphatic rings. The van der Waals surface area contributed by atoms with Crippen LogP contribution in [-0.2, 0) is 0 Å². The Balaban J connectivity index is 2.18. The molecule has 0 amide bonds. The predicted octanol–water partition coefficient (Wildman–Crippen LogP) is 2.83. The number of likely N-dealkylation sites (N-methyl/N-ethyl adjacent to an activating group) is 1. The summed E-state index contributed by atoms with van der Waals surface area (Å²) in [5, 5.41) is 0. The number of nitrogens with zero attached hydrogens (tertiary/aromatic N) is 3. The minimum atomic E-state index is -0.132. The van der Waals surface area contributed by atoms with Gasteiger partial charge in [0.1, 0.15) is 0 Å². The molecular weight excluding hydrogens is 260 g/mol. The summed E-state index contributed by atoms with van der Waals surface area (Å²) in [7, 11) is 0. The summed E-state index contributed by atoms with van der Waals surface area (Å²) >= 11 is 0. The zero-order chi connectivity index (χ0) is 15.2. The molecule has 0 saturated heterocycles. The van der Waals surface area contributed by atoms with E-state index in [2.05, 4.69) is 47.4 Å². The molecule has 0 aliphatic carbocycles. The van der Waals surface area contributed by atoms with Gasteiger partial charge in [0.2, 0.25) is 0 Å². The number of rotatable bonds is 7. The second kappa shape index (κ2) is 7.38. The van der Waals surface area contributed by atoms with Crippen LogP contribution in [0.25, 0.3) is 0 Å². The normalized spacial score (nSPS) is 14.3. The number of imidazole rings is 1. The monoisotopic (exact) mass is 286 g/mol. The Kier molecular flexibility index (Phi) is 5.53. The molecule has 2 aromatic rings. The van der Waals surface area contributed by atoms with Crippen LogP contribution in [0.5, 0.6) is 0 Å². The van der Waals surface area contributed by atoms with E-state index in [1.807, 2.05) is 30.7 Å².